The summed E-state index contributed by atoms with van der Waals surface area (Å²) in [7, 11) is 0. The van der Waals surface area contributed by atoms with Gasteiger partial charge in [0.1, 0.15) is 0 Å². The van der Waals surface area contributed by atoms with E-state index in [2.05, 4.69) is 4.84 Å². The van der Waals surface area contributed by atoms with E-state index in [1.165, 1.54) is 0 Å². The Labute approximate surface area is 111 Å². The van der Waals surface area contributed by atoms with Crippen molar-refractivity contribution in [1.82, 2.24) is 0 Å². The molecule has 2 N–H and O–H groups in total. The monoisotopic (exact) mass is 269 g/mol. The molecule has 1 fully saturated rings. The van der Waals surface area contributed by atoms with Gasteiger partial charge in [-0.2, -0.15) is 0 Å². The molecular formula is C13H16ClNO3. The second kappa shape index (κ2) is 4.61. The number of benzene rings is 1. The highest BCUT2D eigenvalue weighted by molar-refractivity contribution is 6.31. The summed E-state index contributed by atoms with van der Waals surface area (Å²) >= 11 is 6.21. The molecule has 18 heavy (non-hydrogen) atoms. The molecule has 1 spiro atoms. The van der Waals surface area contributed by atoms with Crippen molar-refractivity contribution in [2.75, 3.05) is 6.61 Å². The third-order valence-electron chi connectivity index (χ3n) is 3.56. The summed E-state index contributed by atoms with van der Waals surface area (Å²) in [6.07, 6.45) is 4.85. The number of hydrogen-bond acceptors (Lipinski definition) is 4. The molecule has 4 nitrogen and oxygen atoms in total. The molecule has 5 heteroatoms. The Balaban J connectivity index is 1.85. The van der Waals surface area contributed by atoms with E-state index < -0.39 is 5.79 Å². The Morgan fingerprint density at radius 1 is 1.22 bits per heavy atom. The number of nitrogens with two attached hydrogens (primary N) is 1. The van der Waals surface area contributed by atoms with Crippen LogP contribution >= 0.6 is 11.6 Å². The summed E-state index contributed by atoms with van der Waals surface area (Å²) in [4.78, 5) is 4.58. The second-order valence-corrected chi connectivity index (χ2v) is 5.24. The van der Waals surface area contributed by atoms with Crippen LogP contribution < -0.4 is 15.4 Å². The summed E-state index contributed by atoms with van der Waals surface area (Å²) in [5.74, 6) is 6.13. The van der Waals surface area contributed by atoms with Crippen LogP contribution in [0.1, 0.15) is 31.2 Å². The van der Waals surface area contributed by atoms with E-state index in [0.717, 1.165) is 42.7 Å². The first kappa shape index (κ1) is 12.1. The minimum absolute atomic E-state index is 0.435. The van der Waals surface area contributed by atoms with Crippen LogP contribution in [0.2, 0.25) is 5.02 Å². The summed E-state index contributed by atoms with van der Waals surface area (Å²) < 4.78 is 11.9. The quantitative estimate of drug-likeness (QED) is 0.858. The third-order valence-corrected chi connectivity index (χ3v) is 3.91. The summed E-state index contributed by atoms with van der Waals surface area (Å²) in [5, 5.41) is 0.671. The van der Waals surface area contributed by atoms with Crippen LogP contribution in [0.3, 0.4) is 0 Å². The molecule has 1 aromatic rings. The summed E-state index contributed by atoms with van der Waals surface area (Å²) in [6, 6.07) is 3.76. The fraction of sp³-hybridized carbons (Fsp3) is 0.538. The maximum absolute atomic E-state index is 6.21. The molecule has 2 aliphatic rings. The van der Waals surface area contributed by atoms with Crippen molar-refractivity contribution in [3.05, 3.63) is 22.7 Å². The Bertz CT molecular complexity index is 458. The lowest BCUT2D eigenvalue weighted by atomic mass is 10.1. The lowest BCUT2D eigenvalue weighted by molar-refractivity contribution is -0.0716. The van der Waals surface area contributed by atoms with Gasteiger partial charge < -0.3 is 14.3 Å². The van der Waals surface area contributed by atoms with Gasteiger partial charge in [0.15, 0.2) is 11.5 Å². The zero-order valence-electron chi connectivity index (χ0n) is 10.1. The van der Waals surface area contributed by atoms with Crippen LogP contribution in [-0.4, -0.2) is 12.4 Å². The number of rotatable bonds is 3. The van der Waals surface area contributed by atoms with Crippen molar-refractivity contribution in [3.8, 4) is 11.5 Å². The van der Waals surface area contributed by atoms with E-state index in [-0.39, 0.29) is 0 Å². The van der Waals surface area contributed by atoms with Crippen LogP contribution in [0.15, 0.2) is 12.1 Å². The molecule has 0 bridgehead atoms. The first-order chi connectivity index (χ1) is 8.72. The van der Waals surface area contributed by atoms with E-state index in [1.54, 1.807) is 0 Å². The Kier molecular flexibility index (Phi) is 3.09. The van der Waals surface area contributed by atoms with Crippen molar-refractivity contribution in [2.24, 2.45) is 5.90 Å². The maximum atomic E-state index is 6.21. The largest absolute Gasteiger partial charge is 0.448 e. The average Bonchev–Trinajstić information content (AvgIpc) is 2.93. The van der Waals surface area contributed by atoms with E-state index in [9.17, 15) is 0 Å². The smallest absolute Gasteiger partial charge is 0.251 e. The molecule has 0 aromatic heterocycles. The first-order valence-electron chi connectivity index (χ1n) is 6.25. The standard InChI is InChI=1S/C13H16ClNO3/c14-10-8-12-11(7-9(10)3-6-16-15)17-13(18-12)4-1-2-5-13/h7-8H,1-6,15H2. The zero-order chi connectivity index (χ0) is 12.6. The first-order valence-corrected chi connectivity index (χ1v) is 6.62. The molecule has 0 saturated heterocycles. The highest BCUT2D eigenvalue weighted by Crippen LogP contribution is 2.48. The minimum Gasteiger partial charge on any atom is -0.448 e. The third kappa shape index (κ3) is 2.05. The van der Waals surface area contributed by atoms with Crippen molar-refractivity contribution in [2.45, 2.75) is 37.9 Å². The molecule has 0 radical (unpaired) electrons. The van der Waals surface area contributed by atoms with Gasteiger partial charge in [0.05, 0.1) is 6.61 Å². The van der Waals surface area contributed by atoms with Gasteiger partial charge >= 0.3 is 0 Å². The molecule has 98 valence electrons. The molecule has 0 atom stereocenters. The van der Waals surface area contributed by atoms with Crippen molar-refractivity contribution in [3.63, 3.8) is 0 Å². The number of fused-ring (bicyclic) bond motifs is 1. The second-order valence-electron chi connectivity index (χ2n) is 4.83. The number of halogens is 1. The van der Waals surface area contributed by atoms with Gasteiger partial charge in [-0.05, 0) is 30.9 Å². The van der Waals surface area contributed by atoms with Crippen LogP contribution in [0.4, 0.5) is 0 Å². The zero-order valence-corrected chi connectivity index (χ0v) is 10.8. The Hall–Kier alpha value is -0.970. The lowest BCUT2D eigenvalue weighted by Crippen LogP contribution is -2.34. The molecule has 1 heterocycles. The van der Waals surface area contributed by atoms with E-state index >= 15 is 0 Å². The summed E-state index contributed by atoms with van der Waals surface area (Å²) in [6.45, 7) is 0.435. The van der Waals surface area contributed by atoms with Gasteiger partial charge in [0.2, 0.25) is 0 Å². The molecule has 1 aliphatic heterocycles. The SMILES string of the molecule is NOCCc1cc2c(cc1Cl)OC1(CCCC1)O2. The number of ether oxygens (including phenoxy) is 2. The summed E-state index contributed by atoms with van der Waals surface area (Å²) in [5.41, 5.74) is 0.972. The average molecular weight is 270 g/mol. The maximum Gasteiger partial charge on any atom is 0.251 e. The normalized spacial score (nSPS) is 19.7. The van der Waals surface area contributed by atoms with Crippen LogP contribution in [0.5, 0.6) is 11.5 Å². The van der Waals surface area contributed by atoms with Gasteiger partial charge in [-0.3, -0.25) is 0 Å². The molecule has 1 aliphatic carbocycles. The predicted octanol–water partition coefficient (Wildman–Crippen LogP) is 2.81. The van der Waals surface area contributed by atoms with Gasteiger partial charge in [0.25, 0.3) is 5.79 Å². The van der Waals surface area contributed by atoms with Crippen molar-refractivity contribution >= 4 is 11.6 Å². The molecule has 1 aromatic carbocycles. The van der Waals surface area contributed by atoms with Crippen LogP contribution in [-0.2, 0) is 11.3 Å². The highest BCUT2D eigenvalue weighted by atomic mass is 35.5. The fourth-order valence-corrected chi connectivity index (χ4v) is 2.88. The highest BCUT2D eigenvalue weighted by Gasteiger charge is 2.44. The van der Waals surface area contributed by atoms with E-state index in [1.807, 2.05) is 12.1 Å². The molecule has 3 rings (SSSR count). The Morgan fingerprint density at radius 2 is 1.89 bits per heavy atom. The van der Waals surface area contributed by atoms with Gasteiger partial charge in [-0.1, -0.05) is 11.6 Å². The fourth-order valence-electron chi connectivity index (χ4n) is 2.64. The molecule has 1 saturated carbocycles. The molecular weight excluding hydrogens is 254 g/mol. The topological polar surface area (TPSA) is 53.7 Å². The van der Waals surface area contributed by atoms with Gasteiger partial charge in [-0.15, -0.1) is 0 Å². The number of hydrogen-bond donors (Lipinski definition) is 1. The lowest BCUT2D eigenvalue weighted by Gasteiger charge is -2.21. The van der Waals surface area contributed by atoms with Gasteiger partial charge in [0, 0.05) is 23.9 Å². The Morgan fingerprint density at radius 3 is 2.56 bits per heavy atom. The molecule has 0 amide bonds. The van der Waals surface area contributed by atoms with Gasteiger partial charge in [-0.25, -0.2) is 5.90 Å². The van der Waals surface area contributed by atoms with Crippen molar-refractivity contribution in [1.29, 1.82) is 0 Å². The van der Waals surface area contributed by atoms with Crippen LogP contribution in [0.25, 0.3) is 0 Å². The van der Waals surface area contributed by atoms with E-state index in [0.29, 0.717) is 18.1 Å². The van der Waals surface area contributed by atoms with Crippen molar-refractivity contribution < 1.29 is 14.3 Å². The minimum atomic E-state index is -0.436. The molecule has 0 unspecified atom stereocenters. The van der Waals surface area contributed by atoms with E-state index in [4.69, 9.17) is 27.0 Å². The van der Waals surface area contributed by atoms with Crippen LogP contribution in [0, 0.1) is 0 Å². The predicted molar refractivity (Wildman–Crippen MR) is 67.8 cm³/mol.